The smallest absolute Gasteiger partial charge is 0.419 e. The van der Waals surface area contributed by atoms with Crippen molar-refractivity contribution in [3.8, 4) is 22.3 Å². The van der Waals surface area contributed by atoms with Gasteiger partial charge in [0.2, 0.25) is 5.91 Å². The lowest BCUT2D eigenvalue weighted by Gasteiger charge is -2.33. The average molecular weight is 682 g/mol. The van der Waals surface area contributed by atoms with Crippen LogP contribution in [0, 0.1) is 0 Å². The molecule has 0 radical (unpaired) electrons. The molecule has 6 rings (SSSR count). The number of hydrogen-bond donors (Lipinski definition) is 3. The number of carbonyl (C=O) groups is 3. The standard InChI is InChI=1S/C42H43N5O4/c1-43-30-40(48)45-34-18-12-17-33(29-34)41(49)44-25-28-46-26-23-35(24-27-46)51-42(50)47(38-21-10-8-19-36(38)31-13-4-2-5-14-31)39-22-11-9-20-37(39)32-15-6-3-7-16-32/h2-22,29,35,43H,23-28,30H2,1H3,(H,44,49)(H,45,48). The van der Waals surface area contributed by atoms with Gasteiger partial charge in [0.25, 0.3) is 5.91 Å². The number of hydrogen-bond acceptors (Lipinski definition) is 6. The molecule has 1 saturated heterocycles. The molecule has 0 aliphatic carbocycles. The summed E-state index contributed by atoms with van der Waals surface area (Å²) in [6, 6.07) is 42.9. The van der Waals surface area contributed by atoms with Crippen molar-refractivity contribution in [2.75, 3.05) is 50.0 Å². The van der Waals surface area contributed by atoms with Crippen molar-refractivity contribution in [1.82, 2.24) is 15.5 Å². The quantitative estimate of drug-likeness (QED) is 0.127. The number of amides is 3. The highest BCUT2D eigenvalue weighted by Gasteiger charge is 2.29. The molecule has 3 amide bonds. The maximum atomic E-state index is 14.4. The van der Waals surface area contributed by atoms with Crippen molar-refractivity contribution >= 4 is 35.0 Å². The molecule has 1 aliphatic rings. The van der Waals surface area contributed by atoms with Crippen LogP contribution in [-0.4, -0.2) is 68.7 Å². The number of para-hydroxylation sites is 2. The van der Waals surface area contributed by atoms with E-state index in [1.54, 1.807) is 36.2 Å². The van der Waals surface area contributed by atoms with E-state index in [-0.39, 0.29) is 24.5 Å². The normalized spacial score (nSPS) is 13.3. The topological polar surface area (TPSA) is 103 Å². The van der Waals surface area contributed by atoms with Gasteiger partial charge in [0.1, 0.15) is 6.10 Å². The number of likely N-dealkylation sites (N-methyl/N-ethyl adjacent to an activating group) is 1. The van der Waals surface area contributed by atoms with Gasteiger partial charge >= 0.3 is 6.09 Å². The Balaban J connectivity index is 1.11. The molecule has 1 aliphatic heterocycles. The second-order valence-corrected chi connectivity index (χ2v) is 12.4. The van der Waals surface area contributed by atoms with Crippen LogP contribution in [-0.2, 0) is 9.53 Å². The van der Waals surface area contributed by atoms with Crippen LogP contribution in [0.25, 0.3) is 22.3 Å². The van der Waals surface area contributed by atoms with E-state index in [4.69, 9.17) is 4.74 Å². The fourth-order valence-electron chi connectivity index (χ4n) is 6.37. The first-order chi connectivity index (χ1) is 25.0. The Morgan fingerprint density at radius 1 is 0.725 bits per heavy atom. The Morgan fingerprint density at radius 2 is 1.29 bits per heavy atom. The Hall–Kier alpha value is -5.77. The molecule has 3 N–H and O–H groups in total. The molecule has 9 heteroatoms. The third kappa shape index (κ3) is 9.08. The third-order valence-electron chi connectivity index (χ3n) is 8.90. The summed E-state index contributed by atoms with van der Waals surface area (Å²) in [5.74, 6) is -0.374. The number of rotatable bonds is 12. The van der Waals surface area contributed by atoms with Crippen molar-refractivity contribution in [3.05, 3.63) is 139 Å². The van der Waals surface area contributed by atoms with Gasteiger partial charge in [-0.3, -0.25) is 9.59 Å². The van der Waals surface area contributed by atoms with Gasteiger partial charge in [0, 0.05) is 48.6 Å². The minimum atomic E-state index is -0.420. The van der Waals surface area contributed by atoms with Crippen LogP contribution in [0.15, 0.2) is 133 Å². The van der Waals surface area contributed by atoms with Gasteiger partial charge in [0.05, 0.1) is 17.9 Å². The number of likely N-dealkylation sites (tertiary alicyclic amines) is 1. The highest BCUT2D eigenvalue weighted by atomic mass is 16.6. The lowest BCUT2D eigenvalue weighted by molar-refractivity contribution is -0.115. The molecule has 0 bridgehead atoms. The van der Waals surface area contributed by atoms with Crippen molar-refractivity contribution in [1.29, 1.82) is 0 Å². The predicted octanol–water partition coefficient (Wildman–Crippen LogP) is 7.35. The van der Waals surface area contributed by atoms with E-state index in [1.807, 2.05) is 109 Å². The van der Waals surface area contributed by atoms with E-state index in [2.05, 4.69) is 20.9 Å². The number of nitrogens with one attached hydrogen (secondary N) is 3. The fourth-order valence-corrected chi connectivity index (χ4v) is 6.37. The minimum absolute atomic E-state index is 0.175. The maximum Gasteiger partial charge on any atom is 0.419 e. The van der Waals surface area contributed by atoms with Crippen molar-refractivity contribution in [2.24, 2.45) is 0 Å². The van der Waals surface area contributed by atoms with Crippen molar-refractivity contribution < 1.29 is 19.1 Å². The lowest BCUT2D eigenvalue weighted by Crippen LogP contribution is -2.43. The highest BCUT2D eigenvalue weighted by molar-refractivity contribution is 6.04. The summed E-state index contributed by atoms with van der Waals surface area (Å²) in [7, 11) is 1.70. The molecule has 0 atom stereocenters. The molecule has 0 aromatic heterocycles. The van der Waals surface area contributed by atoms with E-state index in [1.165, 1.54) is 0 Å². The van der Waals surface area contributed by atoms with E-state index < -0.39 is 6.09 Å². The molecular weight excluding hydrogens is 638 g/mol. The number of benzene rings is 5. The lowest BCUT2D eigenvalue weighted by atomic mass is 10.00. The molecule has 51 heavy (non-hydrogen) atoms. The first-order valence-electron chi connectivity index (χ1n) is 17.3. The van der Waals surface area contributed by atoms with Gasteiger partial charge in [-0.1, -0.05) is 103 Å². The van der Waals surface area contributed by atoms with Crippen molar-refractivity contribution in [3.63, 3.8) is 0 Å². The van der Waals surface area contributed by atoms with E-state index in [0.29, 0.717) is 37.2 Å². The number of anilines is 3. The van der Waals surface area contributed by atoms with Crippen LogP contribution in [0.1, 0.15) is 23.2 Å². The van der Waals surface area contributed by atoms with E-state index in [9.17, 15) is 14.4 Å². The number of ether oxygens (including phenoxy) is 1. The zero-order valence-electron chi connectivity index (χ0n) is 28.8. The second-order valence-electron chi connectivity index (χ2n) is 12.4. The van der Waals surface area contributed by atoms with Crippen molar-refractivity contribution in [2.45, 2.75) is 18.9 Å². The Kier molecular flexibility index (Phi) is 11.9. The van der Waals surface area contributed by atoms with E-state index in [0.717, 1.165) is 46.7 Å². The second kappa shape index (κ2) is 17.2. The van der Waals surface area contributed by atoms with Crippen LogP contribution in [0.5, 0.6) is 0 Å². The monoisotopic (exact) mass is 681 g/mol. The zero-order valence-corrected chi connectivity index (χ0v) is 28.8. The number of piperidine rings is 1. The largest absolute Gasteiger partial charge is 0.445 e. The van der Waals surface area contributed by atoms with Crippen LogP contribution >= 0.6 is 0 Å². The van der Waals surface area contributed by atoms with Gasteiger partial charge in [-0.25, -0.2) is 9.69 Å². The van der Waals surface area contributed by atoms with Gasteiger partial charge < -0.3 is 25.6 Å². The molecule has 260 valence electrons. The minimum Gasteiger partial charge on any atom is -0.445 e. The Morgan fingerprint density at radius 3 is 1.88 bits per heavy atom. The Labute approximate surface area is 299 Å². The molecule has 1 heterocycles. The molecule has 0 saturated carbocycles. The summed E-state index contributed by atoms with van der Waals surface area (Å²) >= 11 is 0. The van der Waals surface area contributed by atoms with Crippen LogP contribution < -0.4 is 20.9 Å². The predicted molar refractivity (Wildman–Crippen MR) is 203 cm³/mol. The molecular formula is C42H43N5O4. The van der Waals surface area contributed by atoms with Crippen LogP contribution in [0.3, 0.4) is 0 Å². The Bertz CT molecular complexity index is 1840. The van der Waals surface area contributed by atoms with Gasteiger partial charge in [-0.2, -0.15) is 0 Å². The maximum absolute atomic E-state index is 14.4. The third-order valence-corrected chi connectivity index (χ3v) is 8.90. The number of carbonyl (C=O) groups excluding carboxylic acids is 3. The summed E-state index contributed by atoms with van der Waals surface area (Å²) in [5.41, 5.74) is 6.42. The summed E-state index contributed by atoms with van der Waals surface area (Å²) in [6.07, 6.45) is 0.696. The van der Waals surface area contributed by atoms with Gasteiger partial charge in [0.15, 0.2) is 0 Å². The van der Waals surface area contributed by atoms with Gasteiger partial charge in [-0.15, -0.1) is 0 Å². The van der Waals surface area contributed by atoms with E-state index >= 15 is 0 Å². The first-order valence-corrected chi connectivity index (χ1v) is 17.3. The van der Waals surface area contributed by atoms with Crippen LogP contribution in [0.4, 0.5) is 21.9 Å². The first kappa shape index (κ1) is 35.1. The molecule has 0 spiro atoms. The highest BCUT2D eigenvalue weighted by Crippen LogP contribution is 2.40. The van der Waals surface area contributed by atoms with Crippen LogP contribution in [0.2, 0.25) is 0 Å². The summed E-state index contributed by atoms with van der Waals surface area (Å²) < 4.78 is 6.30. The summed E-state index contributed by atoms with van der Waals surface area (Å²) in [5, 5.41) is 8.57. The van der Waals surface area contributed by atoms with Gasteiger partial charge in [-0.05, 0) is 61.3 Å². The SMILES string of the molecule is CNCC(=O)Nc1cccc(C(=O)NCCN2CCC(OC(=O)N(c3ccccc3-c3ccccc3)c3ccccc3-c3ccccc3)CC2)c1. The average Bonchev–Trinajstić information content (AvgIpc) is 3.17. The molecule has 5 aromatic carbocycles. The molecule has 9 nitrogen and oxygen atoms in total. The zero-order chi connectivity index (χ0) is 35.4. The number of nitrogens with zero attached hydrogens (tertiary/aromatic N) is 2. The summed E-state index contributed by atoms with van der Waals surface area (Å²) in [4.78, 5) is 43.1. The molecule has 0 unspecified atom stereocenters. The summed E-state index contributed by atoms with van der Waals surface area (Å²) in [6.45, 7) is 2.81. The fraction of sp³-hybridized carbons (Fsp3) is 0.214. The molecule has 1 fully saturated rings. The molecule has 5 aromatic rings.